The van der Waals surface area contributed by atoms with Crippen molar-refractivity contribution in [1.29, 1.82) is 0 Å². The maximum atomic E-state index is 13.2. The molecule has 0 radical (unpaired) electrons. The van der Waals surface area contributed by atoms with Gasteiger partial charge in [-0.1, -0.05) is 6.92 Å². The van der Waals surface area contributed by atoms with E-state index in [0.717, 1.165) is 18.8 Å². The van der Waals surface area contributed by atoms with Crippen LogP contribution in [0.5, 0.6) is 5.88 Å². The largest absolute Gasteiger partial charge is 0.472 e. The Kier molecular flexibility index (Phi) is 3.19. The molecule has 3 heteroatoms. The van der Waals surface area contributed by atoms with Gasteiger partial charge >= 0.3 is 0 Å². The molecule has 0 amide bonds. The van der Waals surface area contributed by atoms with Crippen LogP contribution in [-0.4, -0.2) is 11.1 Å². The van der Waals surface area contributed by atoms with E-state index in [1.165, 1.54) is 18.9 Å². The summed E-state index contributed by atoms with van der Waals surface area (Å²) < 4.78 is 18.8. The molecule has 15 heavy (non-hydrogen) atoms. The maximum Gasteiger partial charge on any atom is 0.250 e. The molecule has 1 aromatic rings. The molecule has 1 heterocycles. The predicted molar refractivity (Wildman–Crippen MR) is 56.2 cm³/mol. The average Bonchev–Trinajstić information content (AvgIpc) is 2.25. The molecule has 0 N–H and O–H groups in total. The lowest BCUT2D eigenvalue weighted by Gasteiger charge is -2.26. The first-order valence-electron chi connectivity index (χ1n) is 5.53. The van der Waals surface area contributed by atoms with Crippen LogP contribution in [0, 0.1) is 11.7 Å². The van der Waals surface area contributed by atoms with Gasteiger partial charge < -0.3 is 4.74 Å². The lowest BCUT2D eigenvalue weighted by Crippen LogP contribution is -2.23. The summed E-state index contributed by atoms with van der Waals surface area (Å²) in [4.78, 5) is 3.89. The van der Waals surface area contributed by atoms with Crippen molar-refractivity contribution >= 4 is 0 Å². The Hall–Kier alpha value is -1.12. The van der Waals surface area contributed by atoms with Crippen molar-refractivity contribution in [2.45, 2.75) is 38.7 Å². The molecule has 0 unspecified atom stereocenters. The van der Waals surface area contributed by atoms with E-state index >= 15 is 0 Å². The Labute approximate surface area is 89.5 Å². The first kappa shape index (κ1) is 10.4. The summed E-state index contributed by atoms with van der Waals surface area (Å²) in [6.07, 6.45) is 6.06. The standard InChI is InChI=1S/C12H16FNO/c1-9-4-6-10(7-5-9)15-12-11(13)3-2-8-14-12/h2-3,8-10H,4-7H2,1H3. The number of halogens is 1. The van der Waals surface area contributed by atoms with Crippen molar-refractivity contribution in [1.82, 2.24) is 4.98 Å². The quantitative estimate of drug-likeness (QED) is 0.746. The highest BCUT2D eigenvalue weighted by molar-refractivity contribution is 5.13. The van der Waals surface area contributed by atoms with Gasteiger partial charge in [0.25, 0.3) is 5.88 Å². The molecule has 2 rings (SSSR count). The number of aromatic nitrogens is 1. The van der Waals surface area contributed by atoms with Gasteiger partial charge in [-0.15, -0.1) is 0 Å². The van der Waals surface area contributed by atoms with Crippen molar-refractivity contribution < 1.29 is 9.13 Å². The van der Waals surface area contributed by atoms with Gasteiger partial charge in [-0.05, 0) is 43.7 Å². The Balaban J connectivity index is 1.95. The molecular weight excluding hydrogens is 193 g/mol. The summed E-state index contributed by atoms with van der Waals surface area (Å²) in [6.45, 7) is 2.25. The molecule has 1 saturated carbocycles. The smallest absolute Gasteiger partial charge is 0.250 e. The molecular formula is C12H16FNO. The molecule has 1 fully saturated rings. The first-order valence-corrected chi connectivity index (χ1v) is 5.53. The van der Waals surface area contributed by atoms with E-state index in [2.05, 4.69) is 11.9 Å². The highest BCUT2D eigenvalue weighted by Crippen LogP contribution is 2.27. The molecule has 0 aliphatic heterocycles. The van der Waals surface area contributed by atoms with Crippen LogP contribution < -0.4 is 4.74 Å². The van der Waals surface area contributed by atoms with Gasteiger partial charge in [0.2, 0.25) is 0 Å². The van der Waals surface area contributed by atoms with E-state index in [0.29, 0.717) is 0 Å². The summed E-state index contributed by atoms with van der Waals surface area (Å²) in [6, 6.07) is 2.96. The van der Waals surface area contributed by atoms with E-state index in [9.17, 15) is 4.39 Å². The minimum absolute atomic E-state index is 0.144. The monoisotopic (exact) mass is 209 g/mol. The van der Waals surface area contributed by atoms with Gasteiger partial charge in [0, 0.05) is 6.20 Å². The summed E-state index contributed by atoms with van der Waals surface area (Å²) >= 11 is 0. The third-order valence-corrected chi connectivity index (χ3v) is 2.97. The number of hydrogen-bond acceptors (Lipinski definition) is 2. The Bertz CT molecular complexity index is 321. The molecule has 0 atom stereocenters. The summed E-state index contributed by atoms with van der Waals surface area (Å²) in [5, 5.41) is 0. The number of ether oxygens (including phenoxy) is 1. The second-order valence-corrected chi connectivity index (χ2v) is 4.29. The van der Waals surface area contributed by atoms with Gasteiger partial charge in [-0.25, -0.2) is 9.37 Å². The zero-order valence-electron chi connectivity index (χ0n) is 8.95. The number of hydrogen-bond donors (Lipinski definition) is 0. The maximum absolute atomic E-state index is 13.2. The van der Waals surface area contributed by atoms with Gasteiger partial charge in [-0.3, -0.25) is 0 Å². The Morgan fingerprint density at radius 2 is 2.07 bits per heavy atom. The first-order chi connectivity index (χ1) is 7.25. The second kappa shape index (κ2) is 4.60. The summed E-state index contributed by atoms with van der Waals surface area (Å²) in [5.74, 6) is 0.562. The third-order valence-electron chi connectivity index (χ3n) is 2.97. The van der Waals surface area contributed by atoms with Crippen LogP contribution in [0.3, 0.4) is 0 Å². The van der Waals surface area contributed by atoms with E-state index in [-0.39, 0.29) is 17.8 Å². The minimum atomic E-state index is -0.365. The topological polar surface area (TPSA) is 22.1 Å². The fourth-order valence-corrected chi connectivity index (χ4v) is 1.96. The highest BCUT2D eigenvalue weighted by Gasteiger charge is 2.20. The van der Waals surface area contributed by atoms with Crippen LogP contribution in [-0.2, 0) is 0 Å². The molecule has 0 saturated heterocycles. The molecule has 2 nitrogen and oxygen atoms in total. The third kappa shape index (κ3) is 2.67. The zero-order chi connectivity index (χ0) is 10.7. The van der Waals surface area contributed by atoms with Crippen LogP contribution in [0.25, 0.3) is 0 Å². The summed E-state index contributed by atoms with van der Waals surface area (Å²) in [5.41, 5.74) is 0. The number of nitrogens with zero attached hydrogens (tertiary/aromatic N) is 1. The molecule has 1 aliphatic carbocycles. The van der Waals surface area contributed by atoms with Gasteiger partial charge in [-0.2, -0.15) is 0 Å². The second-order valence-electron chi connectivity index (χ2n) is 4.29. The minimum Gasteiger partial charge on any atom is -0.472 e. The fourth-order valence-electron chi connectivity index (χ4n) is 1.96. The molecule has 0 aromatic carbocycles. The van der Waals surface area contributed by atoms with Crippen molar-refractivity contribution in [3.63, 3.8) is 0 Å². The number of pyridine rings is 1. The van der Waals surface area contributed by atoms with Gasteiger partial charge in [0.15, 0.2) is 5.82 Å². The van der Waals surface area contributed by atoms with Crippen molar-refractivity contribution in [2.24, 2.45) is 5.92 Å². The van der Waals surface area contributed by atoms with Crippen LogP contribution in [0.15, 0.2) is 18.3 Å². The van der Waals surface area contributed by atoms with Crippen LogP contribution in [0.4, 0.5) is 4.39 Å². The number of rotatable bonds is 2. The van der Waals surface area contributed by atoms with E-state index < -0.39 is 0 Å². The highest BCUT2D eigenvalue weighted by atomic mass is 19.1. The Morgan fingerprint density at radius 1 is 1.33 bits per heavy atom. The molecule has 1 aliphatic rings. The summed E-state index contributed by atoms with van der Waals surface area (Å²) in [7, 11) is 0. The predicted octanol–water partition coefficient (Wildman–Crippen LogP) is 3.18. The Morgan fingerprint density at radius 3 is 2.73 bits per heavy atom. The van der Waals surface area contributed by atoms with Gasteiger partial charge in [0.1, 0.15) is 6.10 Å². The van der Waals surface area contributed by atoms with Crippen LogP contribution >= 0.6 is 0 Å². The molecule has 0 bridgehead atoms. The van der Waals surface area contributed by atoms with Crippen molar-refractivity contribution in [3.05, 3.63) is 24.1 Å². The zero-order valence-corrected chi connectivity index (χ0v) is 8.95. The van der Waals surface area contributed by atoms with Crippen LogP contribution in [0.1, 0.15) is 32.6 Å². The van der Waals surface area contributed by atoms with E-state index in [1.54, 1.807) is 12.3 Å². The van der Waals surface area contributed by atoms with Gasteiger partial charge in [0.05, 0.1) is 0 Å². The SMILES string of the molecule is CC1CCC(Oc2ncccc2F)CC1. The van der Waals surface area contributed by atoms with Crippen molar-refractivity contribution in [2.75, 3.05) is 0 Å². The fraction of sp³-hybridized carbons (Fsp3) is 0.583. The molecule has 1 aromatic heterocycles. The average molecular weight is 209 g/mol. The normalized spacial score (nSPS) is 26.3. The van der Waals surface area contributed by atoms with E-state index in [4.69, 9.17) is 4.74 Å². The molecule has 0 spiro atoms. The lowest BCUT2D eigenvalue weighted by atomic mass is 9.89. The van der Waals surface area contributed by atoms with E-state index in [1.807, 2.05) is 0 Å². The van der Waals surface area contributed by atoms with Crippen LogP contribution in [0.2, 0.25) is 0 Å². The lowest BCUT2D eigenvalue weighted by molar-refractivity contribution is 0.124. The molecule has 82 valence electrons. The van der Waals surface area contributed by atoms with Crippen molar-refractivity contribution in [3.8, 4) is 5.88 Å².